The molecule has 3 rings (SSSR count). The predicted molar refractivity (Wildman–Crippen MR) is 105 cm³/mol. The van der Waals surface area contributed by atoms with Gasteiger partial charge in [0.15, 0.2) is 0 Å². The largest absolute Gasteiger partial charge is 0.507 e. The third-order valence-corrected chi connectivity index (χ3v) is 4.66. The summed E-state index contributed by atoms with van der Waals surface area (Å²) in [5.74, 6) is -1.90. The molecule has 0 aliphatic rings. The van der Waals surface area contributed by atoms with E-state index in [2.05, 4.69) is 12.2 Å². The highest BCUT2D eigenvalue weighted by Crippen LogP contribution is 2.28. The molecular formula is C21H22N2O4. The summed E-state index contributed by atoms with van der Waals surface area (Å²) < 4.78 is 2.02. The van der Waals surface area contributed by atoms with E-state index >= 15 is 0 Å². The van der Waals surface area contributed by atoms with E-state index in [9.17, 15) is 14.7 Å². The highest BCUT2D eigenvalue weighted by atomic mass is 16.4. The van der Waals surface area contributed by atoms with Gasteiger partial charge in [0, 0.05) is 23.1 Å². The molecule has 0 unspecified atom stereocenters. The zero-order valence-corrected chi connectivity index (χ0v) is 15.3. The standard InChI is InChI=1S/C21H22N2O4/c1-3-4-11-23-17-8-6-5-7-15(17)13(2)19(23)20(25)22-14-9-10-18(24)16(12-14)21(26)27/h5-10,12,24H,3-4,11H2,1-2H3,(H,22,25)(H,26,27). The normalized spacial score (nSPS) is 10.9. The lowest BCUT2D eigenvalue weighted by Crippen LogP contribution is -2.18. The Kier molecular flexibility index (Phi) is 5.16. The summed E-state index contributed by atoms with van der Waals surface area (Å²) in [6, 6.07) is 11.9. The monoisotopic (exact) mass is 366 g/mol. The van der Waals surface area contributed by atoms with Gasteiger partial charge in [-0.05, 0) is 43.2 Å². The molecule has 1 aromatic heterocycles. The van der Waals surface area contributed by atoms with Crippen LogP contribution < -0.4 is 5.32 Å². The van der Waals surface area contributed by atoms with Gasteiger partial charge < -0.3 is 20.1 Å². The first-order valence-corrected chi connectivity index (χ1v) is 8.89. The highest BCUT2D eigenvalue weighted by molar-refractivity contribution is 6.08. The van der Waals surface area contributed by atoms with E-state index in [0.29, 0.717) is 11.4 Å². The number of amides is 1. The summed E-state index contributed by atoms with van der Waals surface area (Å²) in [4.78, 5) is 24.2. The summed E-state index contributed by atoms with van der Waals surface area (Å²) in [6.07, 6.45) is 1.95. The first-order chi connectivity index (χ1) is 12.9. The number of carbonyl (C=O) groups is 2. The number of carboxylic acid groups (broad SMARTS) is 1. The Morgan fingerprint density at radius 1 is 1.15 bits per heavy atom. The number of nitrogens with zero attached hydrogens (tertiary/aromatic N) is 1. The Balaban J connectivity index is 2.02. The number of para-hydroxylation sites is 1. The molecule has 0 saturated heterocycles. The number of aromatic carboxylic acids is 1. The summed E-state index contributed by atoms with van der Waals surface area (Å²) in [5.41, 5.74) is 2.52. The Morgan fingerprint density at radius 3 is 2.59 bits per heavy atom. The van der Waals surface area contributed by atoms with Crippen LogP contribution in [-0.4, -0.2) is 26.7 Å². The molecule has 6 heteroatoms. The van der Waals surface area contributed by atoms with Gasteiger partial charge in [-0.1, -0.05) is 31.5 Å². The molecule has 0 aliphatic heterocycles. The SMILES string of the molecule is CCCCn1c(C(=O)Nc2ccc(O)c(C(=O)O)c2)c(C)c2ccccc21. The van der Waals surface area contributed by atoms with Gasteiger partial charge in [-0.15, -0.1) is 0 Å². The first kappa shape index (κ1) is 18.5. The van der Waals surface area contributed by atoms with Crippen molar-refractivity contribution in [2.24, 2.45) is 0 Å². The molecule has 1 amide bonds. The topological polar surface area (TPSA) is 91.6 Å². The van der Waals surface area contributed by atoms with E-state index in [4.69, 9.17) is 5.11 Å². The number of unbranched alkanes of at least 4 members (excludes halogenated alkanes) is 1. The fourth-order valence-corrected chi connectivity index (χ4v) is 3.29. The van der Waals surface area contributed by atoms with Gasteiger partial charge in [0.2, 0.25) is 0 Å². The summed E-state index contributed by atoms with van der Waals surface area (Å²) in [7, 11) is 0. The molecule has 0 saturated carbocycles. The molecule has 0 atom stereocenters. The second-order valence-corrected chi connectivity index (χ2v) is 6.49. The van der Waals surface area contributed by atoms with Gasteiger partial charge in [-0.25, -0.2) is 4.79 Å². The molecule has 140 valence electrons. The zero-order chi connectivity index (χ0) is 19.6. The fraction of sp³-hybridized carbons (Fsp3) is 0.238. The minimum Gasteiger partial charge on any atom is -0.507 e. The second-order valence-electron chi connectivity index (χ2n) is 6.49. The average molecular weight is 366 g/mol. The number of phenols is 1. The van der Waals surface area contributed by atoms with E-state index in [0.717, 1.165) is 35.9 Å². The molecule has 0 bridgehead atoms. The van der Waals surface area contributed by atoms with Crippen molar-refractivity contribution in [3.8, 4) is 5.75 Å². The van der Waals surface area contributed by atoms with Gasteiger partial charge in [-0.3, -0.25) is 4.79 Å². The number of carbonyl (C=O) groups excluding carboxylic acids is 1. The van der Waals surface area contributed by atoms with Crippen LogP contribution >= 0.6 is 0 Å². The minimum absolute atomic E-state index is 0.254. The molecule has 27 heavy (non-hydrogen) atoms. The molecule has 1 heterocycles. The van der Waals surface area contributed by atoms with Crippen molar-refractivity contribution in [3.63, 3.8) is 0 Å². The molecule has 3 aromatic rings. The number of benzene rings is 2. The number of aryl methyl sites for hydroxylation is 2. The lowest BCUT2D eigenvalue weighted by molar-refractivity contribution is 0.0693. The smallest absolute Gasteiger partial charge is 0.339 e. The molecule has 0 spiro atoms. The number of hydrogen-bond donors (Lipinski definition) is 3. The zero-order valence-electron chi connectivity index (χ0n) is 15.3. The van der Waals surface area contributed by atoms with Crippen LogP contribution in [0.4, 0.5) is 5.69 Å². The second kappa shape index (κ2) is 7.53. The Labute approximate surface area is 157 Å². The molecule has 0 fully saturated rings. The molecule has 2 aromatic carbocycles. The third-order valence-electron chi connectivity index (χ3n) is 4.66. The maximum atomic E-state index is 13.0. The number of rotatable bonds is 6. The van der Waals surface area contributed by atoms with E-state index in [1.54, 1.807) is 0 Å². The van der Waals surface area contributed by atoms with Crippen LogP contribution in [0.3, 0.4) is 0 Å². The predicted octanol–water partition coefficient (Wildman–Crippen LogP) is 4.41. The summed E-state index contributed by atoms with van der Waals surface area (Å²) >= 11 is 0. The lowest BCUT2D eigenvalue weighted by Gasteiger charge is -2.12. The van der Waals surface area contributed by atoms with E-state index in [1.165, 1.54) is 18.2 Å². The molecular weight excluding hydrogens is 344 g/mol. The quantitative estimate of drug-likeness (QED) is 0.564. The van der Waals surface area contributed by atoms with Crippen LogP contribution in [0.2, 0.25) is 0 Å². The lowest BCUT2D eigenvalue weighted by atomic mass is 10.1. The summed E-state index contributed by atoms with van der Waals surface area (Å²) in [5, 5.41) is 22.6. The maximum Gasteiger partial charge on any atom is 0.339 e. The number of aromatic nitrogens is 1. The molecule has 0 aliphatic carbocycles. The number of hydrogen-bond acceptors (Lipinski definition) is 3. The van der Waals surface area contributed by atoms with Crippen LogP contribution in [0, 0.1) is 6.92 Å². The van der Waals surface area contributed by atoms with Gasteiger partial charge in [-0.2, -0.15) is 0 Å². The Hall–Kier alpha value is -3.28. The maximum absolute atomic E-state index is 13.0. The number of carboxylic acids is 1. The van der Waals surface area contributed by atoms with E-state index in [-0.39, 0.29) is 17.2 Å². The Morgan fingerprint density at radius 2 is 1.89 bits per heavy atom. The number of fused-ring (bicyclic) bond motifs is 1. The Bertz CT molecular complexity index is 1020. The van der Waals surface area contributed by atoms with Crippen LogP contribution in [0.25, 0.3) is 10.9 Å². The number of aromatic hydroxyl groups is 1. The fourth-order valence-electron chi connectivity index (χ4n) is 3.29. The summed E-state index contributed by atoms with van der Waals surface area (Å²) in [6.45, 7) is 4.74. The highest BCUT2D eigenvalue weighted by Gasteiger charge is 2.20. The van der Waals surface area contributed by atoms with Crippen LogP contribution in [0.1, 0.15) is 46.2 Å². The minimum atomic E-state index is -1.25. The first-order valence-electron chi connectivity index (χ1n) is 8.89. The number of anilines is 1. The average Bonchev–Trinajstić information content (AvgIpc) is 2.93. The van der Waals surface area contributed by atoms with Crippen LogP contribution in [0.15, 0.2) is 42.5 Å². The van der Waals surface area contributed by atoms with E-state index < -0.39 is 5.97 Å². The van der Waals surface area contributed by atoms with Crippen molar-refractivity contribution in [3.05, 3.63) is 59.3 Å². The molecule has 3 N–H and O–H groups in total. The van der Waals surface area contributed by atoms with Crippen LogP contribution in [-0.2, 0) is 6.54 Å². The van der Waals surface area contributed by atoms with Crippen molar-refractivity contribution in [2.45, 2.75) is 33.2 Å². The van der Waals surface area contributed by atoms with E-state index in [1.807, 2.05) is 35.8 Å². The van der Waals surface area contributed by atoms with Gasteiger partial charge in [0.1, 0.15) is 17.0 Å². The van der Waals surface area contributed by atoms with Crippen molar-refractivity contribution in [2.75, 3.05) is 5.32 Å². The van der Waals surface area contributed by atoms with Gasteiger partial charge in [0.25, 0.3) is 5.91 Å². The van der Waals surface area contributed by atoms with Crippen molar-refractivity contribution in [1.29, 1.82) is 0 Å². The van der Waals surface area contributed by atoms with Gasteiger partial charge in [0.05, 0.1) is 0 Å². The van der Waals surface area contributed by atoms with Crippen molar-refractivity contribution < 1.29 is 19.8 Å². The molecule has 0 radical (unpaired) electrons. The van der Waals surface area contributed by atoms with Gasteiger partial charge >= 0.3 is 5.97 Å². The molecule has 6 nitrogen and oxygen atoms in total. The number of nitrogens with one attached hydrogen (secondary N) is 1. The van der Waals surface area contributed by atoms with Crippen molar-refractivity contribution in [1.82, 2.24) is 4.57 Å². The third kappa shape index (κ3) is 3.51. The van der Waals surface area contributed by atoms with Crippen molar-refractivity contribution >= 4 is 28.5 Å². The van der Waals surface area contributed by atoms with Crippen LogP contribution in [0.5, 0.6) is 5.75 Å².